The molecule has 1 aromatic heterocycles. The molecule has 0 unspecified atom stereocenters. The molecular formula is C17H21N3O3. The third-order valence-electron chi connectivity index (χ3n) is 4.37. The van der Waals surface area contributed by atoms with Gasteiger partial charge in [-0.2, -0.15) is 0 Å². The fourth-order valence-electron chi connectivity index (χ4n) is 3.15. The standard InChI is InChI=1S/C17H21N3O3/c1-23-17-18-7-12(8-19-17)9-20-10-14(16(22)15(20)11-21)13-5-3-2-4-6-13/h2-8,14-16,21-22H,9-11H2,1H3/t14-,15-,16-/m1/s1. The second kappa shape index (κ2) is 7.04. The van der Waals surface area contributed by atoms with Gasteiger partial charge >= 0.3 is 6.01 Å². The fraction of sp³-hybridized carbons (Fsp3) is 0.412. The molecule has 1 fully saturated rings. The molecule has 0 spiro atoms. The van der Waals surface area contributed by atoms with Crippen molar-refractivity contribution >= 4 is 0 Å². The van der Waals surface area contributed by atoms with E-state index in [-0.39, 0.29) is 18.6 Å². The van der Waals surface area contributed by atoms with Gasteiger partial charge in [0.2, 0.25) is 0 Å². The van der Waals surface area contributed by atoms with Crippen molar-refractivity contribution in [2.24, 2.45) is 0 Å². The zero-order valence-electron chi connectivity index (χ0n) is 13.0. The maximum atomic E-state index is 10.6. The summed E-state index contributed by atoms with van der Waals surface area (Å²) < 4.78 is 4.96. The zero-order chi connectivity index (χ0) is 16.2. The molecular weight excluding hydrogens is 294 g/mol. The van der Waals surface area contributed by atoms with Crippen LogP contribution in [0.1, 0.15) is 17.0 Å². The number of nitrogens with zero attached hydrogens (tertiary/aromatic N) is 3. The molecule has 23 heavy (non-hydrogen) atoms. The van der Waals surface area contributed by atoms with E-state index >= 15 is 0 Å². The Morgan fingerprint density at radius 3 is 2.52 bits per heavy atom. The van der Waals surface area contributed by atoms with Crippen LogP contribution in [-0.2, 0) is 6.54 Å². The van der Waals surface area contributed by atoms with Gasteiger partial charge in [0.1, 0.15) is 0 Å². The molecule has 2 aromatic rings. The minimum absolute atomic E-state index is 0.00693. The second-order valence-electron chi connectivity index (χ2n) is 5.77. The summed E-state index contributed by atoms with van der Waals surface area (Å²) in [4.78, 5) is 10.3. The number of ether oxygens (including phenoxy) is 1. The smallest absolute Gasteiger partial charge is 0.316 e. The topological polar surface area (TPSA) is 78.7 Å². The van der Waals surface area contributed by atoms with Crippen LogP contribution in [0.3, 0.4) is 0 Å². The van der Waals surface area contributed by atoms with E-state index in [4.69, 9.17) is 4.74 Å². The van der Waals surface area contributed by atoms with Crippen molar-refractivity contribution in [3.8, 4) is 6.01 Å². The van der Waals surface area contributed by atoms with Gasteiger partial charge in [-0.25, -0.2) is 9.97 Å². The highest BCUT2D eigenvalue weighted by atomic mass is 16.5. The number of aromatic nitrogens is 2. The van der Waals surface area contributed by atoms with Gasteiger partial charge in [0.05, 0.1) is 25.9 Å². The first-order valence-electron chi connectivity index (χ1n) is 7.65. The molecule has 0 aliphatic carbocycles. The molecule has 122 valence electrons. The summed E-state index contributed by atoms with van der Waals surface area (Å²) in [6.45, 7) is 1.18. The number of hydrogen-bond donors (Lipinski definition) is 2. The number of methoxy groups -OCH3 is 1. The largest absolute Gasteiger partial charge is 0.467 e. The zero-order valence-corrected chi connectivity index (χ0v) is 13.0. The molecule has 2 heterocycles. The molecule has 0 saturated carbocycles. The van der Waals surface area contributed by atoms with Crippen LogP contribution in [0.2, 0.25) is 0 Å². The molecule has 0 amide bonds. The predicted molar refractivity (Wildman–Crippen MR) is 85.1 cm³/mol. The first kappa shape index (κ1) is 15.9. The Kier molecular flexibility index (Phi) is 4.85. The van der Waals surface area contributed by atoms with Crippen molar-refractivity contribution in [3.05, 3.63) is 53.9 Å². The van der Waals surface area contributed by atoms with Crippen LogP contribution in [0.15, 0.2) is 42.7 Å². The van der Waals surface area contributed by atoms with E-state index in [9.17, 15) is 10.2 Å². The highest BCUT2D eigenvalue weighted by molar-refractivity contribution is 5.24. The quantitative estimate of drug-likeness (QED) is 0.850. The number of aliphatic hydroxyl groups is 2. The molecule has 6 nitrogen and oxygen atoms in total. The van der Waals surface area contributed by atoms with Crippen molar-refractivity contribution < 1.29 is 14.9 Å². The molecule has 1 saturated heterocycles. The highest BCUT2D eigenvalue weighted by Gasteiger charge is 2.40. The molecule has 2 N–H and O–H groups in total. The Labute approximate surface area is 135 Å². The van der Waals surface area contributed by atoms with Gasteiger partial charge in [-0.3, -0.25) is 4.90 Å². The van der Waals surface area contributed by atoms with Crippen molar-refractivity contribution in [3.63, 3.8) is 0 Å². The van der Waals surface area contributed by atoms with Crippen LogP contribution < -0.4 is 4.74 Å². The van der Waals surface area contributed by atoms with Gasteiger partial charge in [0.25, 0.3) is 0 Å². The molecule has 0 radical (unpaired) electrons. The van der Waals surface area contributed by atoms with Gasteiger partial charge in [-0.1, -0.05) is 30.3 Å². The molecule has 1 aromatic carbocycles. The van der Waals surface area contributed by atoms with Gasteiger partial charge in [0.15, 0.2) is 0 Å². The summed E-state index contributed by atoms with van der Waals surface area (Å²) >= 11 is 0. The van der Waals surface area contributed by atoms with E-state index in [2.05, 4.69) is 14.9 Å². The maximum Gasteiger partial charge on any atom is 0.316 e. The third kappa shape index (κ3) is 3.34. The van der Waals surface area contributed by atoms with Gasteiger partial charge < -0.3 is 14.9 Å². The van der Waals surface area contributed by atoms with E-state index in [1.165, 1.54) is 7.11 Å². The summed E-state index contributed by atoms with van der Waals surface area (Å²) in [6, 6.07) is 9.97. The molecule has 0 bridgehead atoms. The lowest BCUT2D eigenvalue weighted by molar-refractivity contribution is 0.0640. The minimum Gasteiger partial charge on any atom is -0.467 e. The highest BCUT2D eigenvalue weighted by Crippen LogP contribution is 2.32. The van der Waals surface area contributed by atoms with Crippen molar-refractivity contribution in [2.45, 2.75) is 24.6 Å². The van der Waals surface area contributed by atoms with Crippen LogP contribution in [0.5, 0.6) is 6.01 Å². The molecule has 1 aliphatic rings. The summed E-state index contributed by atoms with van der Waals surface area (Å²) in [5, 5.41) is 20.3. The van der Waals surface area contributed by atoms with Crippen LogP contribution in [-0.4, -0.2) is 57.5 Å². The van der Waals surface area contributed by atoms with E-state index in [0.717, 1.165) is 11.1 Å². The van der Waals surface area contributed by atoms with Gasteiger partial charge in [0, 0.05) is 37.0 Å². The third-order valence-corrected chi connectivity index (χ3v) is 4.37. The average Bonchev–Trinajstić information content (AvgIpc) is 2.92. The summed E-state index contributed by atoms with van der Waals surface area (Å²) in [5.74, 6) is -0.00693. The number of likely N-dealkylation sites (tertiary alicyclic amines) is 1. The number of benzene rings is 1. The Balaban J connectivity index is 1.75. The van der Waals surface area contributed by atoms with Crippen LogP contribution in [0.4, 0.5) is 0 Å². The lowest BCUT2D eigenvalue weighted by Crippen LogP contribution is -2.38. The molecule has 3 rings (SSSR count). The lowest BCUT2D eigenvalue weighted by atomic mass is 9.94. The first-order valence-corrected chi connectivity index (χ1v) is 7.65. The van der Waals surface area contributed by atoms with E-state index in [1.54, 1.807) is 12.4 Å². The fourth-order valence-corrected chi connectivity index (χ4v) is 3.15. The average molecular weight is 315 g/mol. The maximum absolute atomic E-state index is 10.6. The minimum atomic E-state index is -0.596. The summed E-state index contributed by atoms with van der Waals surface area (Å²) in [7, 11) is 1.53. The second-order valence-corrected chi connectivity index (χ2v) is 5.77. The molecule has 1 aliphatic heterocycles. The Morgan fingerprint density at radius 2 is 1.91 bits per heavy atom. The number of rotatable bonds is 5. The molecule has 3 atom stereocenters. The van der Waals surface area contributed by atoms with Crippen molar-refractivity contribution in [1.82, 2.24) is 14.9 Å². The molecule has 6 heteroatoms. The number of hydrogen-bond acceptors (Lipinski definition) is 6. The van der Waals surface area contributed by atoms with E-state index < -0.39 is 6.10 Å². The summed E-state index contributed by atoms with van der Waals surface area (Å²) in [5.41, 5.74) is 2.01. The van der Waals surface area contributed by atoms with Crippen LogP contribution in [0.25, 0.3) is 0 Å². The normalized spacial score (nSPS) is 24.7. The van der Waals surface area contributed by atoms with Crippen molar-refractivity contribution in [2.75, 3.05) is 20.3 Å². The lowest BCUT2D eigenvalue weighted by Gasteiger charge is -2.23. The van der Waals surface area contributed by atoms with Crippen LogP contribution >= 0.6 is 0 Å². The Bertz CT molecular complexity index is 621. The van der Waals surface area contributed by atoms with Crippen molar-refractivity contribution in [1.29, 1.82) is 0 Å². The monoisotopic (exact) mass is 315 g/mol. The van der Waals surface area contributed by atoms with E-state index in [0.29, 0.717) is 19.1 Å². The predicted octanol–water partition coefficient (Wildman–Crippen LogP) is 0.806. The van der Waals surface area contributed by atoms with Crippen LogP contribution in [0, 0.1) is 0 Å². The van der Waals surface area contributed by atoms with Gasteiger partial charge in [-0.15, -0.1) is 0 Å². The first-order chi connectivity index (χ1) is 11.2. The number of aliphatic hydroxyl groups excluding tert-OH is 2. The Morgan fingerprint density at radius 1 is 1.22 bits per heavy atom. The van der Waals surface area contributed by atoms with E-state index in [1.807, 2.05) is 30.3 Å². The SMILES string of the molecule is COc1ncc(CN2C[C@H](c3ccccc3)[C@@H](O)[C@H]2CO)cn1. The Hall–Kier alpha value is -2.02. The van der Waals surface area contributed by atoms with Gasteiger partial charge in [-0.05, 0) is 5.56 Å². The summed E-state index contributed by atoms with van der Waals surface area (Å²) in [6.07, 6.45) is 2.83.